The fourth-order valence-corrected chi connectivity index (χ4v) is 3.86. The number of nitrogens with zero attached hydrogens (tertiary/aromatic N) is 2. The molecule has 1 saturated heterocycles. The zero-order valence-electron chi connectivity index (χ0n) is 13.6. The van der Waals surface area contributed by atoms with E-state index in [1.54, 1.807) is 4.90 Å². The van der Waals surface area contributed by atoms with E-state index in [0.29, 0.717) is 17.5 Å². The van der Waals surface area contributed by atoms with Gasteiger partial charge in [-0.05, 0) is 55.9 Å². The summed E-state index contributed by atoms with van der Waals surface area (Å²) in [7, 11) is 0. The lowest BCUT2D eigenvalue weighted by Gasteiger charge is -2.33. The second-order valence-corrected chi connectivity index (χ2v) is 7.43. The number of likely N-dealkylation sites (tertiary alicyclic amines) is 1. The highest BCUT2D eigenvalue weighted by molar-refractivity contribution is 6.30. The highest BCUT2D eigenvalue weighted by atomic mass is 35.5. The second-order valence-electron chi connectivity index (χ2n) is 7.00. The Morgan fingerprint density at radius 1 is 1.08 bits per heavy atom. The van der Waals surface area contributed by atoms with Crippen LogP contribution in [0.5, 0.6) is 0 Å². The van der Waals surface area contributed by atoms with Gasteiger partial charge in [0.2, 0.25) is 5.91 Å². The molecule has 0 bridgehead atoms. The topological polar surface area (TPSA) is 52.7 Å². The van der Waals surface area contributed by atoms with E-state index in [-0.39, 0.29) is 18.0 Å². The van der Waals surface area contributed by atoms with Gasteiger partial charge in [-0.15, -0.1) is 0 Å². The van der Waals surface area contributed by atoms with Crippen molar-refractivity contribution >= 4 is 29.2 Å². The molecule has 1 aliphatic carbocycles. The summed E-state index contributed by atoms with van der Waals surface area (Å²) in [6, 6.07) is 5.79. The number of halogens is 1. The van der Waals surface area contributed by atoms with Crippen molar-refractivity contribution in [3.63, 3.8) is 0 Å². The number of benzene rings is 1. The molecule has 0 radical (unpaired) electrons. The van der Waals surface area contributed by atoms with Crippen molar-refractivity contribution < 1.29 is 9.59 Å². The van der Waals surface area contributed by atoms with Crippen molar-refractivity contribution in [3.05, 3.63) is 28.8 Å². The van der Waals surface area contributed by atoms with Crippen LogP contribution in [0.1, 0.15) is 31.2 Å². The third kappa shape index (κ3) is 3.09. The van der Waals surface area contributed by atoms with Gasteiger partial charge in [0.05, 0.1) is 0 Å². The van der Waals surface area contributed by atoms with Crippen molar-refractivity contribution in [1.82, 2.24) is 10.2 Å². The Labute approximate surface area is 146 Å². The fourth-order valence-electron chi connectivity index (χ4n) is 3.67. The molecule has 1 saturated carbocycles. The SMILES string of the molecule is O=C(C1CC1)N1CCC(NC(=O)N2CCc3cc(Cl)ccc32)CC1. The van der Waals surface area contributed by atoms with Gasteiger partial charge in [-0.1, -0.05) is 11.6 Å². The maximum Gasteiger partial charge on any atom is 0.322 e. The molecule has 24 heavy (non-hydrogen) atoms. The molecule has 2 aliphatic heterocycles. The van der Waals surface area contributed by atoms with Crippen molar-refractivity contribution in [3.8, 4) is 0 Å². The number of rotatable bonds is 2. The maximum atomic E-state index is 12.6. The molecule has 3 aliphatic rings. The van der Waals surface area contributed by atoms with Crippen LogP contribution in [0.15, 0.2) is 18.2 Å². The van der Waals surface area contributed by atoms with Crippen LogP contribution in [0.4, 0.5) is 10.5 Å². The standard InChI is InChI=1S/C18H22ClN3O2/c19-14-3-4-16-13(11-14)5-10-22(16)18(24)20-15-6-8-21(9-7-15)17(23)12-1-2-12/h3-4,11-12,15H,1-2,5-10H2,(H,20,24). The monoisotopic (exact) mass is 347 g/mol. The van der Waals surface area contributed by atoms with Crippen LogP contribution in [0.25, 0.3) is 0 Å². The predicted octanol–water partition coefficient (Wildman–Crippen LogP) is 2.81. The largest absolute Gasteiger partial charge is 0.342 e. The lowest BCUT2D eigenvalue weighted by Crippen LogP contribution is -2.50. The normalized spacial score (nSPS) is 20.9. The number of anilines is 1. The van der Waals surface area contributed by atoms with Crippen LogP contribution in [-0.2, 0) is 11.2 Å². The smallest absolute Gasteiger partial charge is 0.322 e. The quantitative estimate of drug-likeness (QED) is 0.894. The zero-order chi connectivity index (χ0) is 16.7. The van der Waals surface area contributed by atoms with E-state index in [9.17, 15) is 9.59 Å². The van der Waals surface area contributed by atoms with Gasteiger partial charge in [-0.2, -0.15) is 0 Å². The van der Waals surface area contributed by atoms with Gasteiger partial charge in [0.25, 0.3) is 0 Å². The van der Waals surface area contributed by atoms with Crippen LogP contribution in [0, 0.1) is 5.92 Å². The molecular formula is C18H22ClN3O2. The molecular weight excluding hydrogens is 326 g/mol. The number of piperidine rings is 1. The number of fused-ring (bicyclic) bond motifs is 1. The predicted molar refractivity (Wildman–Crippen MR) is 93.4 cm³/mol. The summed E-state index contributed by atoms with van der Waals surface area (Å²) in [4.78, 5) is 28.4. The number of urea groups is 1. The number of carbonyl (C=O) groups is 2. The Morgan fingerprint density at radius 3 is 2.54 bits per heavy atom. The van der Waals surface area contributed by atoms with Gasteiger partial charge in [0.1, 0.15) is 0 Å². The average Bonchev–Trinajstić information content (AvgIpc) is 3.34. The van der Waals surface area contributed by atoms with Gasteiger partial charge in [0.15, 0.2) is 0 Å². The number of nitrogens with one attached hydrogen (secondary N) is 1. The van der Waals surface area contributed by atoms with E-state index in [4.69, 9.17) is 11.6 Å². The molecule has 0 unspecified atom stereocenters. The second kappa shape index (κ2) is 6.28. The van der Waals surface area contributed by atoms with Gasteiger partial charge >= 0.3 is 6.03 Å². The molecule has 128 valence electrons. The maximum absolute atomic E-state index is 12.6. The Hall–Kier alpha value is -1.75. The molecule has 4 rings (SSSR count). The first-order valence-corrected chi connectivity index (χ1v) is 9.15. The first-order chi connectivity index (χ1) is 11.6. The molecule has 0 spiro atoms. The van der Waals surface area contributed by atoms with E-state index in [1.165, 1.54) is 0 Å². The molecule has 2 fully saturated rings. The van der Waals surface area contributed by atoms with Gasteiger partial charge < -0.3 is 10.2 Å². The lowest BCUT2D eigenvalue weighted by atomic mass is 10.0. The summed E-state index contributed by atoms with van der Waals surface area (Å²) >= 11 is 6.02. The molecule has 0 atom stereocenters. The highest BCUT2D eigenvalue weighted by Gasteiger charge is 2.35. The van der Waals surface area contributed by atoms with Crippen molar-refractivity contribution in [2.24, 2.45) is 5.92 Å². The summed E-state index contributed by atoms with van der Waals surface area (Å²) in [6.07, 6.45) is 4.62. The number of amides is 3. The molecule has 0 aromatic heterocycles. The van der Waals surface area contributed by atoms with Crippen LogP contribution in [0.3, 0.4) is 0 Å². The molecule has 5 nitrogen and oxygen atoms in total. The fraction of sp³-hybridized carbons (Fsp3) is 0.556. The molecule has 6 heteroatoms. The van der Waals surface area contributed by atoms with Crippen LogP contribution in [-0.4, -0.2) is 42.5 Å². The van der Waals surface area contributed by atoms with Gasteiger partial charge in [-0.3, -0.25) is 9.69 Å². The average molecular weight is 348 g/mol. The first-order valence-electron chi connectivity index (χ1n) is 8.77. The summed E-state index contributed by atoms with van der Waals surface area (Å²) in [5, 5.41) is 3.85. The molecule has 1 aromatic carbocycles. The van der Waals surface area contributed by atoms with Gasteiger partial charge in [0, 0.05) is 42.3 Å². The highest BCUT2D eigenvalue weighted by Crippen LogP contribution is 2.32. The van der Waals surface area contributed by atoms with Crippen molar-refractivity contribution in [2.45, 2.75) is 38.1 Å². The summed E-state index contributed by atoms with van der Waals surface area (Å²) < 4.78 is 0. The van der Waals surface area contributed by atoms with E-state index < -0.39 is 0 Å². The Bertz CT molecular complexity index is 666. The van der Waals surface area contributed by atoms with E-state index in [2.05, 4.69) is 5.32 Å². The van der Waals surface area contributed by atoms with E-state index in [0.717, 1.165) is 56.4 Å². The first kappa shape index (κ1) is 15.8. The minimum Gasteiger partial charge on any atom is -0.342 e. The van der Waals surface area contributed by atoms with Gasteiger partial charge in [-0.25, -0.2) is 4.79 Å². The Morgan fingerprint density at radius 2 is 1.83 bits per heavy atom. The number of hydrogen-bond acceptors (Lipinski definition) is 2. The molecule has 2 heterocycles. The third-order valence-electron chi connectivity index (χ3n) is 5.24. The van der Waals surface area contributed by atoms with Crippen molar-refractivity contribution in [2.75, 3.05) is 24.5 Å². The Balaban J connectivity index is 1.32. The minimum absolute atomic E-state index is 0.0389. The van der Waals surface area contributed by atoms with Crippen LogP contribution in [0.2, 0.25) is 5.02 Å². The van der Waals surface area contributed by atoms with E-state index >= 15 is 0 Å². The summed E-state index contributed by atoms with van der Waals surface area (Å²) in [6.45, 7) is 2.21. The summed E-state index contributed by atoms with van der Waals surface area (Å²) in [5.74, 6) is 0.592. The zero-order valence-corrected chi connectivity index (χ0v) is 14.4. The summed E-state index contributed by atoms with van der Waals surface area (Å²) in [5.41, 5.74) is 2.08. The Kier molecular flexibility index (Phi) is 4.12. The molecule has 1 aromatic rings. The third-order valence-corrected chi connectivity index (χ3v) is 5.48. The van der Waals surface area contributed by atoms with Crippen LogP contribution >= 0.6 is 11.6 Å². The van der Waals surface area contributed by atoms with Crippen molar-refractivity contribution in [1.29, 1.82) is 0 Å². The van der Waals surface area contributed by atoms with E-state index in [1.807, 2.05) is 23.1 Å². The number of hydrogen-bond donors (Lipinski definition) is 1. The lowest BCUT2D eigenvalue weighted by molar-refractivity contribution is -0.133. The molecule has 1 N–H and O–H groups in total. The minimum atomic E-state index is -0.0389. The molecule has 3 amide bonds. The number of carbonyl (C=O) groups excluding carboxylic acids is 2. The van der Waals surface area contributed by atoms with Crippen LogP contribution < -0.4 is 10.2 Å².